The minimum atomic E-state index is -1.17. The minimum Gasteiger partial charge on any atom is -0.481 e. The highest BCUT2D eigenvalue weighted by molar-refractivity contribution is 6.00. The molecule has 9 atom stereocenters. The van der Waals surface area contributed by atoms with Gasteiger partial charge in [0.1, 0.15) is 6.10 Å². The smallest absolute Gasteiger partial charge is 0.309 e. The van der Waals surface area contributed by atoms with Crippen molar-refractivity contribution >= 4 is 23.6 Å². The molecule has 6 rings (SSSR count). The molecule has 5 fully saturated rings. The first-order valence-corrected chi connectivity index (χ1v) is 21.3. The van der Waals surface area contributed by atoms with E-state index in [2.05, 4.69) is 48.5 Å². The molecule has 1 amide bonds. The van der Waals surface area contributed by atoms with Gasteiger partial charge in [-0.25, -0.2) is 0 Å². The summed E-state index contributed by atoms with van der Waals surface area (Å²) in [5.74, 6) is 0.406. The van der Waals surface area contributed by atoms with E-state index in [9.17, 15) is 29.4 Å². The van der Waals surface area contributed by atoms with Crippen molar-refractivity contribution in [3.8, 4) is 0 Å². The van der Waals surface area contributed by atoms with E-state index in [0.717, 1.165) is 69.8 Å². The second kappa shape index (κ2) is 14.0. The fourth-order valence-corrected chi connectivity index (χ4v) is 13.6. The number of likely N-dealkylation sites (N-methyl/N-ethyl adjacent to an activating group) is 1. The normalized spacial score (nSPS) is 38.0. The highest BCUT2D eigenvalue weighted by Gasteiger charge is 2.71. The maximum absolute atomic E-state index is 14.2. The number of hydrogen-bond acceptors (Lipinski definition) is 7. The van der Waals surface area contributed by atoms with Crippen molar-refractivity contribution in [1.29, 1.82) is 0 Å². The molecule has 0 bridgehead atoms. The van der Waals surface area contributed by atoms with Crippen LogP contribution in [-0.4, -0.2) is 89.6 Å². The molecule has 0 heterocycles. The van der Waals surface area contributed by atoms with Crippen LogP contribution in [0, 0.1) is 62.1 Å². The fourth-order valence-electron chi connectivity index (χ4n) is 13.6. The third-order valence-electron chi connectivity index (χ3n) is 16.9. The second-order valence-electron chi connectivity index (χ2n) is 21.6. The van der Waals surface area contributed by atoms with Crippen molar-refractivity contribution in [3.63, 3.8) is 0 Å². The van der Waals surface area contributed by atoms with E-state index in [-0.39, 0.29) is 64.3 Å². The van der Waals surface area contributed by atoms with Crippen LogP contribution in [0.15, 0.2) is 11.1 Å². The first-order chi connectivity index (χ1) is 24.9. The molecule has 9 unspecified atom stereocenters. The van der Waals surface area contributed by atoms with Crippen molar-refractivity contribution in [2.24, 2.45) is 62.1 Å². The Kier molecular flexibility index (Phi) is 10.7. The number of carbonyl (C=O) groups excluding carboxylic acids is 3. The third kappa shape index (κ3) is 6.61. The lowest BCUT2D eigenvalue weighted by atomic mass is 9.33. The van der Waals surface area contributed by atoms with Crippen molar-refractivity contribution in [2.75, 3.05) is 33.7 Å². The summed E-state index contributed by atoms with van der Waals surface area (Å²) in [5.41, 5.74) is 0.122. The van der Waals surface area contributed by atoms with Crippen LogP contribution in [0.1, 0.15) is 139 Å². The number of fused-ring (bicyclic) bond motifs is 7. The zero-order chi connectivity index (χ0) is 40.0. The summed E-state index contributed by atoms with van der Waals surface area (Å²) in [6.45, 7) is 20.8. The SMILES string of the molecule is CC(C)C1=C2C3CCC4C5(C)CCC(OC(=O)CC(C)(C)C(=O)O)C(C)(C)C5CCC4(C)C3(C)CCC2(C(O)CN(CC2CC2)C(=O)CN(C)C)CC1=O. The molecule has 54 heavy (non-hydrogen) atoms. The zero-order valence-electron chi connectivity index (χ0n) is 35.5. The van der Waals surface area contributed by atoms with Gasteiger partial charge in [-0.1, -0.05) is 54.0 Å². The molecule has 0 aliphatic heterocycles. The quantitative estimate of drug-likeness (QED) is 0.196. The maximum Gasteiger partial charge on any atom is 0.309 e. The topological polar surface area (TPSA) is 124 Å². The predicted molar refractivity (Wildman–Crippen MR) is 209 cm³/mol. The van der Waals surface area contributed by atoms with Gasteiger partial charge < -0.3 is 24.7 Å². The number of amides is 1. The van der Waals surface area contributed by atoms with Crippen LogP contribution in [0.2, 0.25) is 0 Å². The fraction of sp³-hybridized carbons (Fsp3) is 0.867. The number of aliphatic hydroxyl groups excluding tert-OH is 1. The van der Waals surface area contributed by atoms with Crippen molar-refractivity contribution in [2.45, 2.75) is 152 Å². The number of nitrogens with zero attached hydrogens (tertiary/aromatic N) is 2. The van der Waals surface area contributed by atoms with Crippen molar-refractivity contribution in [1.82, 2.24) is 9.80 Å². The molecule has 9 heteroatoms. The van der Waals surface area contributed by atoms with Gasteiger partial charge >= 0.3 is 11.9 Å². The Bertz CT molecular complexity index is 1560. The molecule has 304 valence electrons. The maximum atomic E-state index is 14.2. The van der Waals surface area contributed by atoms with E-state index in [0.29, 0.717) is 37.3 Å². The molecule has 0 aromatic carbocycles. The Morgan fingerprint density at radius 1 is 0.889 bits per heavy atom. The van der Waals surface area contributed by atoms with Gasteiger partial charge in [-0.2, -0.15) is 0 Å². The molecular formula is C45H72N2O7. The van der Waals surface area contributed by atoms with E-state index in [1.54, 1.807) is 13.8 Å². The van der Waals surface area contributed by atoms with Gasteiger partial charge in [0.25, 0.3) is 0 Å². The molecule has 0 aromatic rings. The summed E-state index contributed by atoms with van der Waals surface area (Å²) in [4.78, 5) is 56.4. The average molecular weight is 753 g/mol. The number of hydrogen-bond donors (Lipinski definition) is 2. The lowest BCUT2D eigenvalue weighted by Crippen LogP contribution is -2.66. The average Bonchev–Trinajstić information content (AvgIpc) is 3.81. The predicted octanol–water partition coefficient (Wildman–Crippen LogP) is 7.54. The molecule has 0 spiro atoms. The summed E-state index contributed by atoms with van der Waals surface area (Å²) in [5, 5.41) is 22.1. The number of esters is 1. The number of rotatable bonds is 12. The van der Waals surface area contributed by atoms with Gasteiger partial charge in [0.15, 0.2) is 5.78 Å². The Morgan fingerprint density at radius 2 is 1.56 bits per heavy atom. The van der Waals surface area contributed by atoms with E-state index in [1.165, 1.54) is 5.57 Å². The zero-order valence-corrected chi connectivity index (χ0v) is 35.5. The summed E-state index contributed by atoms with van der Waals surface area (Å²) in [7, 11) is 3.82. The van der Waals surface area contributed by atoms with Gasteiger partial charge in [-0.05, 0) is 144 Å². The molecule has 5 saturated carbocycles. The van der Waals surface area contributed by atoms with Crippen LogP contribution < -0.4 is 0 Å². The van der Waals surface area contributed by atoms with Crippen molar-refractivity contribution in [3.05, 3.63) is 11.1 Å². The number of carboxylic acids is 1. The third-order valence-corrected chi connectivity index (χ3v) is 16.9. The molecule has 0 saturated heterocycles. The molecule has 6 aliphatic carbocycles. The molecule has 9 nitrogen and oxygen atoms in total. The summed E-state index contributed by atoms with van der Waals surface area (Å²) < 4.78 is 6.17. The van der Waals surface area contributed by atoms with Crippen LogP contribution in [0.4, 0.5) is 0 Å². The number of aliphatic hydroxyl groups is 1. The van der Waals surface area contributed by atoms with Crippen LogP contribution in [-0.2, 0) is 23.9 Å². The Labute approximate surface area is 325 Å². The monoisotopic (exact) mass is 753 g/mol. The number of Topliss-reactive ketones (excluding diaryl/α,β-unsaturated/α-hetero) is 1. The van der Waals surface area contributed by atoms with Gasteiger partial charge in [-0.3, -0.25) is 19.2 Å². The second-order valence-corrected chi connectivity index (χ2v) is 21.6. The highest BCUT2D eigenvalue weighted by atomic mass is 16.5. The summed E-state index contributed by atoms with van der Waals surface area (Å²) in [6, 6.07) is 0. The Morgan fingerprint density at radius 3 is 2.15 bits per heavy atom. The first-order valence-electron chi connectivity index (χ1n) is 21.3. The van der Waals surface area contributed by atoms with Gasteiger partial charge in [-0.15, -0.1) is 0 Å². The molecule has 0 aromatic heterocycles. The van der Waals surface area contributed by atoms with Gasteiger partial charge in [0.05, 0.1) is 24.5 Å². The van der Waals surface area contributed by atoms with E-state index >= 15 is 0 Å². The molecular weight excluding hydrogens is 681 g/mol. The summed E-state index contributed by atoms with van der Waals surface area (Å²) >= 11 is 0. The van der Waals surface area contributed by atoms with E-state index < -0.39 is 28.9 Å². The highest BCUT2D eigenvalue weighted by Crippen LogP contribution is 2.77. The lowest BCUT2D eigenvalue weighted by molar-refractivity contribution is -0.235. The number of carboxylic acid groups (broad SMARTS) is 1. The van der Waals surface area contributed by atoms with Gasteiger partial charge in [0, 0.05) is 30.3 Å². The first kappa shape index (κ1) is 41.4. The minimum absolute atomic E-state index is 0.0177. The number of ketones is 1. The standard InChI is InChI=1S/C45H72N2O7/c1-27(2)37-30(48)22-45(33(49)25-47(24-28-12-13-28)35(50)26-46(10)11)21-20-43(8)29(38(37)45)14-15-32-42(7)18-17-34(54-36(51)23-40(3,4)39(52)53)41(5,6)31(42)16-19-44(32,43)9/h27-29,31-34,49H,12-26H2,1-11H3,(H,52,53). The lowest BCUT2D eigenvalue weighted by Gasteiger charge is -2.72. The van der Waals surface area contributed by atoms with Crippen LogP contribution >= 0.6 is 0 Å². The van der Waals surface area contributed by atoms with E-state index in [1.807, 2.05) is 23.9 Å². The number of allylic oxidation sites excluding steroid dienone is 1. The molecule has 2 N–H and O–H groups in total. The number of ether oxygens (including phenoxy) is 1. The number of carbonyl (C=O) groups is 4. The molecule has 6 aliphatic rings. The van der Waals surface area contributed by atoms with E-state index in [4.69, 9.17) is 4.74 Å². The molecule has 0 radical (unpaired) electrons. The summed E-state index contributed by atoms with van der Waals surface area (Å²) in [6.07, 6.45) is 8.97. The number of aliphatic carboxylic acids is 1. The van der Waals surface area contributed by atoms with Crippen LogP contribution in [0.5, 0.6) is 0 Å². The van der Waals surface area contributed by atoms with Crippen molar-refractivity contribution < 1.29 is 34.1 Å². The van der Waals surface area contributed by atoms with Crippen LogP contribution in [0.3, 0.4) is 0 Å². The van der Waals surface area contributed by atoms with Crippen LogP contribution in [0.25, 0.3) is 0 Å². The largest absolute Gasteiger partial charge is 0.481 e. The Balaban J connectivity index is 1.29. The van der Waals surface area contributed by atoms with Gasteiger partial charge in [0.2, 0.25) is 5.91 Å². The Hall–Kier alpha value is -2.26.